The van der Waals surface area contributed by atoms with Gasteiger partial charge in [-0.1, -0.05) is 6.07 Å². The Hall–Kier alpha value is -2.05. The smallest absolute Gasteiger partial charge is 0.242 e. The summed E-state index contributed by atoms with van der Waals surface area (Å²) in [5.74, 6) is 1.88. The molecule has 4 rings (SSSR count). The highest BCUT2D eigenvalue weighted by atomic mass is 32.2. The largest absolute Gasteiger partial charge is 0.493 e. The first-order valence-electron chi connectivity index (χ1n) is 9.35. The summed E-state index contributed by atoms with van der Waals surface area (Å²) in [6, 6.07) is 7.38. The molecular formula is C21H25NO4S. The topological polar surface area (TPSA) is 55.8 Å². The molecule has 0 saturated carbocycles. The van der Waals surface area contributed by atoms with Crippen LogP contribution in [0.3, 0.4) is 0 Å². The summed E-state index contributed by atoms with van der Waals surface area (Å²) in [5.41, 5.74) is 5.52. The SMILES string of the molecule is Cc1ccc(S(=O)(=O)N(C)CCc2c3c(cc4c2OCC4)OCC3)cc1C. The van der Waals surface area contributed by atoms with E-state index in [1.54, 1.807) is 19.2 Å². The summed E-state index contributed by atoms with van der Waals surface area (Å²) < 4.78 is 39.0. The number of hydrogen-bond donors (Lipinski definition) is 0. The van der Waals surface area contributed by atoms with Gasteiger partial charge in [-0.15, -0.1) is 0 Å². The number of likely N-dealkylation sites (N-methyl/N-ethyl adjacent to an activating group) is 1. The molecule has 0 bridgehead atoms. The van der Waals surface area contributed by atoms with Gasteiger partial charge in [0.1, 0.15) is 11.5 Å². The molecule has 0 N–H and O–H groups in total. The standard InChI is InChI=1S/C21H25NO4S/c1-14-4-5-17(12-15(14)2)27(23,24)22(3)9-6-19-18-8-11-25-20(18)13-16-7-10-26-21(16)19/h4-5,12-13H,6-11H2,1-3H3. The second-order valence-corrected chi connectivity index (χ2v) is 9.38. The van der Waals surface area contributed by atoms with Gasteiger partial charge in [-0.2, -0.15) is 0 Å². The van der Waals surface area contributed by atoms with Crippen molar-refractivity contribution in [3.8, 4) is 11.5 Å². The van der Waals surface area contributed by atoms with Gasteiger partial charge in [0.25, 0.3) is 0 Å². The molecule has 2 aliphatic rings. The predicted octanol–water partition coefficient (Wildman–Crippen LogP) is 3.04. The Morgan fingerprint density at radius 3 is 2.59 bits per heavy atom. The Kier molecular flexibility index (Phi) is 4.64. The highest BCUT2D eigenvalue weighted by Gasteiger charge is 2.28. The molecule has 0 unspecified atom stereocenters. The molecule has 6 heteroatoms. The molecule has 0 atom stereocenters. The van der Waals surface area contributed by atoms with Gasteiger partial charge in [-0.05, 0) is 49.6 Å². The van der Waals surface area contributed by atoms with Gasteiger partial charge in [0.05, 0.1) is 18.1 Å². The number of sulfonamides is 1. The van der Waals surface area contributed by atoms with E-state index in [9.17, 15) is 8.42 Å². The molecular weight excluding hydrogens is 362 g/mol. The van der Waals surface area contributed by atoms with Crippen molar-refractivity contribution in [3.05, 3.63) is 52.1 Å². The van der Waals surface area contributed by atoms with Crippen molar-refractivity contribution < 1.29 is 17.9 Å². The van der Waals surface area contributed by atoms with Crippen molar-refractivity contribution in [2.24, 2.45) is 0 Å². The summed E-state index contributed by atoms with van der Waals surface area (Å²) in [7, 11) is -1.87. The number of nitrogens with zero attached hydrogens (tertiary/aromatic N) is 1. The number of fused-ring (bicyclic) bond motifs is 2. The zero-order chi connectivity index (χ0) is 19.2. The summed E-state index contributed by atoms with van der Waals surface area (Å²) in [5, 5.41) is 0. The summed E-state index contributed by atoms with van der Waals surface area (Å²) in [6.45, 7) is 5.68. The number of ether oxygens (including phenoxy) is 2. The third-order valence-corrected chi connectivity index (χ3v) is 7.48. The number of benzene rings is 2. The number of hydrogen-bond acceptors (Lipinski definition) is 4. The third kappa shape index (κ3) is 3.21. The average Bonchev–Trinajstić information content (AvgIpc) is 3.29. The molecule has 2 aliphatic heterocycles. The molecule has 0 aromatic heterocycles. The quantitative estimate of drug-likeness (QED) is 0.791. The number of aryl methyl sites for hydroxylation is 2. The highest BCUT2D eigenvalue weighted by Crippen LogP contribution is 2.40. The Morgan fingerprint density at radius 1 is 1.04 bits per heavy atom. The maximum absolute atomic E-state index is 13.0. The van der Waals surface area contributed by atoms with Crippen molar-refractivity contribution in [1.29, 1.82) is 0 Å². The molecule has 2 heterocycles. The van der Waals surface area contributed by atoms with Crippen LogP contribution in [0.5, 0.6) is 11.5 Å². The summed E-state index contributed by atoms with van der Waals surface area (Å²) in [4.78, 5) is 0.344. The van der Waals surface area contributed by atoms with Crippen LogP contribution < -0.4 is 9.47 Å². The lowest BCUT2D eigenvalue weighted by molar-refractivity contribution is 0.351. The van der Waals surface area contributed by atoms with Crippen LogP contribution in [0.15, 0.2) is 29.2 Å². The molecule has 2 aromatic carbocycles. The van der Waals surface area contributed by atoms with Gasteiger partial charge in [-0.25, -0.2) is 12.7 Å². The molecule has 5 nitrogen and oxygen atoms in total. The summed E-state index contributed by atoms with van der Waals surface area (Å²) >= 11 is 0. The Morgan fingerprint density at radius 2 is 1.81 bits per heavy atom. The van der Waals surface area contributed by atoms with E-state index in [1.807, 2.05) is 19.9 Å². The molecule has 0 amide bonds. The van der Waals surface area contributed by atoms with E-state index in [1.165, 1.54) is 15.4 Å². The molecule has 0 fully saturated rings. The maximum Gasteiger partial charge on any atom is 0.242 e. The van der Waals surface area contributed by atoms with E-state index in [0.29, 0.717) is 31.1 Å². The van der Waals surface area contributed by atoms with Gasteiger partial charge in [0.15, 0.2) is 0 Å². The van der Waals surface area contributed by atoms with Crippen LogP contribution in [0.2, 0.25) is 0 Å². The molecule has 144 valence electrons. The Balaban J connectivity index is 1.58. The Labute approximate surface area is 161 Å². The van der Waals surface area contributed by atoms with Crippen molar-refractivity contribution in [2.75, 3.05) is 26.8 Å². The molecule has 0 spiro atoms. The zero-order valence-corrected chi connectivity index (χ0v) is 16.9. The van der Waals surface area contributed by atoms with Gasteiger partial charge in [-0.3, -0.25) is 0 Å². The van der Waals surface area contributed by atoms with E-state index >= 15 is 0 Å². The first-order valence-corrected chi connectivity index (χ1v) is 10.8. The van der Waals surface area contributed by atoms with Crippen LogP contribution in [0.1, 0.15) is 27.8 Å². The van der Waals surface area contributed by atoms with Gasteiger partial charge in [0.2, 0.25) is 10.0 Å². The van der Waals surface area contributed by atoms with Gasteiger partial charge in [0, 0.05) is 43.1 Å². The van der Waals surface area contributed by atoms with Gasteiger partial charge < -0.3 is 9.47 Å². The Bertz CT molecular complexity index is 965. The first kappa shape index (κ1) is 18.3. The van der Waals surface area contributed by atoms with E-state index in [2.05, 4.69) is 6.07 Å². The van der Waals surface area contributed by atoms with E-state index < -0.39 is 10.0 Å². The lowest BCUT2D eigenvalue weighted by Crippen LogP contribution is -2.29. The fourth-order valence-electron chi connectivity index (χ4n) is 3.79. The van der Waals surface area contributed by atoms with Crippen LogP contribution >= 0.6 is 0 Å². The molecule has 27 heavy (non-hydrogen) atoms. The third-order valence-electron chi connectivity index (χ3n) is 5.62. The van der Waals surface area contributed by atoms with Crippen molar-refractivity contribution >= 4 is 10.0 Å². The van der Waals surface area contributed by atoms with E-state index in [4.69, 9.17) is 9.47 Å². The fraction of sp³-hybridized carbons (Fsp3) is 0.429. The normalized spacial score (nSPS) is 15.4. The average molecular weight is 388 g/mol. The lowest BCUT2D eigenvalue weighted by Gasteiger charge is -2.19. The second-order valence-electron chi connectivity index (χ2n) is 7.34. The van der Waals surface area contributed by atoms with Gasteiger partial charge >= 0.3 is 0 Å². The molecule has 2 aromatic rings. The maximum atomic E-state index is 13.0. The van der Waals surface area contributed by atoms with Crippen LogP contribution in [0, 0.1) is 13.8 Å². The van der Waals surface area contributed by atoms with Crippen LogP contribution in [-0.2, 0) is 29.3 Å². The monoisotopic (exact) mass is 387 g/mol. The zero-order valence-electron chi connectivity index (χ0n) is 16.0. The van der Waals surface area contributed by atoms with Crippen LogP contribution in [-0.4, -0.2) is 39.5 Å². The predicted molar refractivity (Wildman–Crippen MR) is 104 cm³/mol. The molecule has 0 saturated heterocycles. The summed E-state index contributed by atoms with van der Waals surface area (Å²) in [6.07, 6.45) is 2.36. The fourth-order valence-corrected chi connectivity index (χ4v) is 5.05. The van der Waals surface area contributed by atoms with Crippen molar-refractivity contribution in [2.45, 2.75) is 38.0 Å². The van der Waals surface area contributed by atoms with Crippen LogP contribution in [0.25, 0.3) is 0 Å². The lowest BCUT2D eigenvalue weighted by atomic mass is 9.97. The highest BCUT2D eigenvalue weighted by molar-refractivity contribution is 7.89. The van der Waals surface area contributed by atoms with Crippen LogP contribution in [0.4, 0.5) is 0 Å². The second kappa shape index (κ2) is 6.84. The minimum Gasteiger partial charge on any atom is -0.493 e. The van der Waals surface area contributed by atoms with Crippen molar-refractivity contribution in [1.82, 2.24) is 4.31 Å². The van der Waals surface area contributed by atoms with E-state index in [-0.39, 0.29) is 0 Å². The minimum absolute atomic E-state index is 0.344. The molecule has 0 aliphatic carbocycles. The first-order chi connectivity index (χ1) is 12.9. The van der Waals surface area contributed by atoms with Crippen molar-refractivity contribution in [3.63, 3.8) is 0 Å². The minimum atomic E-state index is -3.52. The number of rotatable bonds is 5. The van der Waals surface area contributed by atoms with E-state index in [0.717, 1.165) is 41.0 Å². The molecule has 0 radical (unpaired) electrons.